The van der Waals surface area contributed by atoms with E-state index in [1.165, 1.54) is 11.1 Å². The molecule has 2 aliphatic heterocycles. The summed E-state index contributed by atoms with van der Waals surface area (Å²) in [6.07, 6.45) is 3.20. The zero-order chi connectivity index (χ0) is 18.3. The van der Waals surface area contributed by atoms with Gasteiger partial charge in [-0.3, -0.25) is 9.69 Å². The Morgan fingerprint density at radius 2 is 2.19 bits per heavy atom. The predicted molar refractivity (Wildman–Crippen MR) is 102 cm³/mol. The third kappa shape index (κ3) is 3.68. The molecule has 3 heterocycles. The van der Waals surface area contributed by atoms with Crippen molar-refractivity contribution in [2.75, 3.05) is 13.1 Å². The number of benzene rings is 1. The van der Waals surface area contributed by atoms with Crippen molar-refractivity contribution >= 4 is 0 Å². The molecule has 0 spiro atoms. The van der Waals surface area contributed by atoms with E-state index < -0.39 is 0 Å². The summed E-state index contributed by atoms with van der Waals surface area (Å²) >= 11 is 0. The SMILES string of the molecule is Cc1nc([C@@H]2CCCN(Cc3ccc4c(c3)CC(C)(C)O4)C2)cc(=O)[nH]1. The number of H-pyrrole nitrogens is 1. The fraction of sp³-hybridized carbons (Fsp3) is 0.524. The molecule has 0 unspecified atom stereocenters. The number of nitrogens with one attached hydrogen (secondary N) is 1. The molecule has 5 heteroatoms. The average molecular weight is 353 g/mol. The molecule has 0 aliphatic carbocycles. The van der Waals surface area contributed by atoms with Gasteiger partial charge in [0, 0.05) is 31.5 Å². The van der Waals surface area contributed by atoms with Crippen LogP contribution >= 0.6 is 0 Å². The van der Waals surface area contributed by atoms with Gasteiger partial charge < -0.3 is 9.72 Å². The van der Waals surface area contributed by atoms with E-state index >= 15 is 0 Å². The van der Waals surface area contributed by atoms with Crippen LogP contribution in [0.15, 0.2) is 29.1 Å². The van der Waals surface area contributed by atoms with Crippen molar-refractivity contribution in [1.29, 1.82) is 0 Å². The number of aryl methyl sites for hydroxylation is 1. The minimum Gasteiger partial charge on any atom is -0.487 e. The van der Waals surface area contributed by atoms with E-state index in [9.17, 15) is 4.79 Å². The van der Waals surface area contributed by atoms with Gasteiger partial charge in [0.05, 0.1) is 5.69 Å². The number of nitrogens with zero attached hydrogens (tertiary/aromatic N) is 2. The average Bonchev–Trinajstić information content (AvgIpc) is 2.87. The largest absolute Gasteiger partial charge is 0.487 e. The van der Waals surface area contributed by atoms with Gasteiger partial charge in [-0.2, -0.15) is 0 Å². The maximum absolute atomic E-state index is 11.8. The van der Waals surface area contributed by atoms with Crippen LogP contribution in [0.3, 0.4) is 0 Å². The summed E-state index contributed by atoms with van der Waals surface area (Å²) in [5, 5.41) is 0. The third-order valence-corrected chi connectivity index (χ3v) is 5.34. The van der Waals surface area contributed by atoms with Crippen LogP contribution in [0.2, 0.25) is 0 Å². The summed E-state index contributed by atoms with van der Waals surface area (Å²) in [6, 6.07) is 8.25. The van der Waals surface area contributed by atoms with Crippen molar-refractivity contribution in [1.82, 2.24) is 14.9 Å². The lowest BCUT2D eigenvalue weighted by atomic mass is 9.94. The Bertz CT molecular complexity index is 872. The number of likely N-dealkylation sites (tertiary alicyclic amines) is 1. The molecule has 138 valence electrons. The second-order valence-corrected chi connectivity index (χ2v) is 8.31. The van der Waals surface area contributed by atoms with Gasteiger partial charge >= 0.3 is 0 Å². The molecular formula is C21H27N3O2. The molecular weight excluding hydrogens is 326 g/mol. The summed E-state index contributed by atoms with van der Waals surface area (Å²) in [4.78, 5) is 21.5. The molecule has 0 amide bonds. The first-order valence-electron chi connectivity index (χ1n) is 9.49. The number of fused-ring (bicyclic) bond motifs is 1. The maximum Gasteiger partial charge on any atom is 0.251 e. The normalized spacial score (nSPS) is 22.0. The first-order valence-corrected chi connectivity index (χ1v) is 9.49. The minimum atomic E-state index is -0.0962. The topological polar surface area (TPSA) is 58.2 Å². The molecule has 0 bridgehead atoms. The summed E-state index contributed by atoms with van der Waals surface area (Å²) < 4.78 is 5.98. The molecule has 2 aliphatic rings. The highest BCUT2D eigenvalue weighted by Gasteiger charge is 2.30. The van der Waals surface area contributed by atoms with Crippen molar-refractivity contribution in [3.63, 3.8) is 0 Å². The van der Waals surface area contributed by atoms with Crippen LogP contribution in [0, 0.1) is 6.92 Å². The zero-order valence-electron chi connectivity index (χ0n) is 15.8. The van der Waals surface area contributed by atoms with Crippen LogP contribution in [0.5, 0.6) is 5.75 Å². The van der Waals surface area contributed by atoms with Gasteiger partial charge in [-0.15, -0.1) is 0 Å². The number of aromatic nitrogens is 2. The quantitative estimate of drug-likeness (QED) is 0.921. The lowest BCUT2D eigenvalue weighted by Gasteiger charge is -2.32. The molecule has 1 N–H and O–H groups in total. The summed E-state index contributed by atoms with van der Waals surface area (Å²) in [6.45, 7) is 9.11. The highest BCUT2D eigenvalue weighted by Crippen LogP contribution is 2.35. The Morgan fingerprint density at radius 3 is 3.00 bits per heavy atom. The van der Waals surface area contributed by atoms with Crippen molar-refractivity contribution in [3.05, 3.63) is 57.3 Å². The van der Waals surface area contributed by atoms with E-state index in [2.05, 4.69) is 46.9 Å². The zero-order valence-corrected chi connectivity index (χ0v) is 15.8. The fourth-order valence-corrected chi connectivity index (χ4v) is 4.27. The standard InChI is InChI=1S/C21H27N3O2/c1-14-22-18(10-20(25)23-14)16-5-4-8-24(13-16)12-15-6-7-19-17(9-15)11-21(2,3)26-19/h6-7,9-10,16H,4-5,8,11-13H2,1-3H3,(H,22,23,25)/t16-/m1/s1. The fourth-order valence-electron chi connectivity index (χ4n) is 4.27. The minimum absolute atomic E-state index is 0.0501. The third-order valence-electron chi connectivity index (χ3n) is 5.34. The van der Waals surface area contributed by atoms with Gasteiger partial charge in [0.15, 0.2) is 0 Å². The van der Waals surface area contributed by atoms with E-state index in [0.29, 0.717) is 11.7 Å². The Hall–Kier alpha value is -2.14. The molecule has 2 aromatic rings. The van der Waals surface area contributed by atoms with Gasteiger partial charge in [0.2, 0.25) is 0 Å². The molecule has 1 saturated heterocycles. The summed E-state index contributed by atoms with van der Waals surface area (Å²) in [5.74, 6) is 2.06. The van der Waals surface area contributed by atoms with Gasteiger partial charge in [-0.05, 0) is 57.4 Å². The van der Waals surface area contributed by atoms with Crippen molar-refractivity contribution in [2.24, 2.45) is 0 Å². The Balaban J connectivity index is 1.47. The van der Waals surface area contributed by atoms with E-state index in [4.69, 9.17) is 4.74 Å². The van der Waals surface area contributed by atoms with Crippen LogP contribution in [0.1, 0.15) is 55.3 Å². The first-order chi connectivity index (χ1) is 12.4. The number of hydrogen-bond donors (Lipinski definition) is 1. The van der Waals surface area contributed by atoms with Crippen molar-refractivity contribution < 1.29 is 4.74 Å². The predicted octanol–water partition coefficient (Wildman–Crippen LogP) is 3.17. The monoisotopic (exact) mass is 353 g/mol. The van der Waals surface area contributed by atoms with Gasteiger partial charge in [-0.1, -0.05) is 12.1 Å². The van der Waals surface area contributed by atoms with Crippen molar-refractivity contribution in [3.8, 4) is 5.75 Å². The molecule has 26 heavy (non-hydrogen) atoms. The van der Waals surface area contributed by atoms with Gasteiger partial charge in [0.25, 0.3) is 5.56 Å². The maximum atomic E-state index is 11.8. The second kappa shape index (κ2) is 6.54. The smallest absolute Gasteiger partial charge is 0.251 e. The van der Waals surface area contributed by atoms with E-state index in [-0.39, 0.29) is 11.2 Å². The van der Waals surface area contributed by atoms with Crippen LogP contribution in [-0.4, -0.2) is 33.6 Å². The molecule has 0 saturated carbocycles. The van der Waals surface area contributed by atoms with E-state index in [0.717, 1.165) is 50.3 Å². The first kappa shape index (κ1) is 17.3. The molecule has 0 radical (unpaired) electrons. The molecule has 4 rings (SSSR count). The lowest BCUT2D eigenvalue weighted by molar-refractivity contribution is 0.138. The Kier molecular flexibility index (Phi) is 4.35. The lowest BCUT2D eigenvalue weighted by Crippen LogP contribution is -2.34. The van der Waals surface area contributed by atoms with Gasteiger partial charge in [0.1, 0.15) is 17.2 Å². The number of hydrogen-bond acceptors (Lipinski definition) is 4. The van der Waals surface area contributed by atoms with Gasteiger partial charge in [-0.25, -0.2) is 4.98 Å². The number of ether oxygens (including phenoxy) is 1. The second-order valence-electron chi connectivity index (χ2n) is 8.31. The van der Waals surface area contributed by atoms with E-state index in [1.807, 2.05) is 6.92 Å². The number of piperidine rings is 1. The highest BCUT2D eigenvalue weighted by atomic mass is 16.5. The molecule has 5 nitrogen and oxygen atoms in total. The number of rotatable bonds is 3. The number of aromatic amines is 1. The van der Waals surface area contributed by atoms with Crippen LogP contribution in [-0.2, 0) is 13.0 Å². The van der Waals surface area contributed by atoms with Crippen LogP contribution in [0.25, 0.3) is 0 Å². The Labute approximate surface area is 154 Å². The molecule has 1 fully saturated rings. The summed E-state index contributed by atoms with van der Waals surface area (Å²) in [5.41, 5.74) is 3.43. The highest BCUT2D eigenvalue weighted by molar-refractivity contribution is 5.41. The summed E-state index contributed by atoms with van der Waals surface area (Å²) in [7, 11) is 0. The Morgan fingerprint density at radius 1 is 1.35 bits per heavy atom. The van der Waals surface area contributed by atoms with E-state index in [1.54, 1.807) is 6.07 Å². The molecule has 1 aromatic carbocycles. The molecule has 1 atom stereocenters. The van der Waals surface area contributed by atoms with Crippen LogP contribution < -0.4 is 10.3 Å². The molecule has 1 aromatic heterocycles. The van der Waals surface area contributed by atoms with Crippen LogP contribution in [0.4, 0.5) is 0 Å². The van der Waals surface area contributed by atoms with Crippen molar-refractivity contribution in [2.45, 2.75) is 58.1 Å².